The molecule has 1 rings (SSSR count). The third-order valence-electron chi connectivity index (χ3n) is 2.08. The molecule has 20 heavy (non-hydrogen) atoms. The van der Waals surface area contributed by atoms with Gasteiger partial charge in [-0.1, -0.05) is 0 Å². The van der Waals surface area contributed by atoms with Crippen molar-refractivity contribution in [3.05, 3.63) is 18.2 Å². The quantitative estimate of drug-likeness (QED) is 0.905. The molecule has 1 amide bonds. The molecule has 0 saturated heterocycles. The number of rotatable bonds is 5. The topological polar surface area (TPSA) is 56.8 Å². The molecule has 1 N–H and O–H groups in total. The molecule has 1 aromatic rings. The molecule has 0 aliphatic rings. The van der Waals surface area contributed by atoms with Crippen molar-refractivity contribution >= 4 is 11.8 Å². The molecule has 0 fully saturated rings. The number of carbonyl (C=O) groups is 1. The molecule has 0 unspecified atom stereocenters. The fraction of sp³-hybridized carbons (Fsp3) is 0.417. The van der Waals surface area contributed by atoms with Gasteiger partial charge < -0.3 is 14.2 Å². The highest BCUT2D eigenvalue weighted by molar-refractivity contribution is 5.85. The molecule has 5 nitrogen and oxygen atoms in total. The Kier molecular flexibility index (Phi) is 5.48. The van der Waals surface area contributed by atoms with Crippen LogP contribution in [0.1, 0.15) is 6.92 Å². The Morgan fingerprint density at radius 3 is 2.55 bits per heavy atom. The van der Waals surface area contributed by atoms with Gasteiger partial charge in [-0.2, -0.15) is 13.2 Å². The fourth-order valence-corrected chi connectivity index (χ4v) is 1.32. The normalized spacial score (nSPS) is 10.8. The number of amides is 1. The lowest BCUT2D eigenvalue weighted by atomic mass is 10.3. The van der Waals surface area contributed by atoms with Crippen molar-refractivity contribution in [2.75, 3.05) is 25.6 Å². The summed E-state index contributed by atoms with van der Waals surface area (Å²) in [6.07, 6.45) is -5.76. The molecule has 0 aliphatic heterocycles. The molecule has 0 aliphatic carbocycles. The summed E-state index contributed by atoms with van der Waals surface area (Å²) >= 11 is 0. The van der Waals surface area contributed by atoms with Gasteiger partial charge in [0.15, 0.2) is 18.1 Å². The Labute approximate surface area is 113 Å². The van der Waals surface area contributed by atoms with Gasteiger partial charge in [-0.15, -0.1) is 0 Å². The number of anilines is 1. The van der Waals surface area contributed by atoms with Crippen molar-refractivity contribution in [3.8, 4) is 11.5 Å². The largest absolute Gasteiger partial charge is 0.493 e. The smallest absolute Gasteiger partial charge is 0.422 e. The maximum absolute atomic E-state index is 11.9. The van der Waals surface area contributed by atoms with Gasteiger partial charge in [0.25, 0.3) is 0 Å². The lowest BCUT2D eigenvalue weighted by Gasteiger charge is -2.12. The zero-order chi connectivity index (χ0) is 15.2. The van der Waals surface area contributed by atoms with E-state index in [4.69, 9.17) is 9.47 Å². The summed E-state index contributed by atoms with van der Waals surface area (Å²) in [7, 11) is 1.45. The SMILES string of the molecule is CCOc1cc(NC(=O)OCC(F)(F)F)ccc1OC. The van der Waals surface area contributed by atoms with E-state index in [0.29, 0.717) is 18.1 Å². The lowest BCUT2D eigenvalue weighted by molar-refractivity contribution is -0.159. The van der Waals surface area contributed by atoms with Gasteiger partial charge in [0.1, 0.15) is 0 Å². The van der Waals surface area contributed by atoms with E-state index >= 15 is 0 Å². The highest BCUT2D eigenvalue weighted by Gasteiger charge is 2.29. The van der Waals surface area contributed by atoms with Gasteiger partial charge in [0.2, 0.25) is 0 Å². The summed E-state index contributed by atoms with van der Waals surface area (Å²) in [5.74, 6) is 0.810. The molecular formula is C12H14F3NO4. The van der Waals surface area contributed by atoms with Crippen molar-refractivity contribution in [2.24, 2.45) is 0 Å². The maximum Gasteiger partial charge on any atom is 0.422 e. The molecule has 0 atom stereocenters. The minimum absolute atomic E-state index is 0.237. The van der Waals surface area contributed by atoms with Crippen molar-refractivity contribution in [2.45, 2.75) is 13.1 Å². The molecule has 8 heteroatoms. The Balaban J connectivity index is 2.68. The van der Waals surface area contributed by atoms with Gasteiger partial charge in [-0.25, -0.2) is 4.79 Å². The van der Waals surface area contributed by atoms with E-state index < -0.39 is 18.9 Å². The number of alkyl halides is 3. The second-order valence-corrected chi connectivity index (χ2v) is 3.61. The van der Waals surface area contributed by atoms with Crippen LogP contribution >= 0.6 is 0 Å². The minimum Gasteiger partial charge on any atom is -0.493 e. The Bertz CT molecular complexity index is 463. The molecule has 0 saturated carbocycles. The van der Waals surface area contributed by atoms with E-state index in [0.717, 1.165) is 0 Å². The maximum atomic E-state index is 11.9. The summed E-state index contributed by atoms with van der Waals surface area (Å²) in [6.45, 7) is 0.489. The number of methoxy groups -OCH3 is 1. The zero-order valence-corrected chi connectivity index (χ0v) is 10.9. The highest BCUT2D eigenvalue weighted by Crippen LogP contribution is 2.30. The first-order valence-corrected chi connectivity index (χ1v) is 5.67. The van der Waals surface area contributed by atoms with Crippen LogP contribution in [0.3, 0.4) is 0 Å². The van der Waals surface area contributed by atoms with Crippen LogP contribution in [0.5, 0.6) is 11.5 Å². The fourth-order valence-electron chi connectivity index (χ4n) is 1.32. The molecule has 0 bridgehead atoms. The lowest BCUT2D eigenvalue weighted by Crippen LogP contribution is -2.23. The van der Waals surface area contributed by atoms with E-state index in [2.05, 4.69) is 10.1 Å². The Morgan fingerprint density at radius 1 is 1.30 bits per heavy atom. The summed E-state index contributed by atoms with van der Waals surface area (Å²) < 4.78 is 49.9. The number of hydrogen-bond acceptors (Lipinski definition) is 4. The molecule has 112 valence electrons. The predicted molar refractivity (Wildman–Crippen MR) is 65.2 cm³/mol. The summed E-state index contributed by atoms with van der Waals surface area (Å²) in [4.78, 5) is 11.2. The molecule has 0 spiro atoms. The van der Waals surface area contributed by atoms with Crippen LogP contribution in [-0.2, 0) is 4.74 Å². The highest BCUT2D eigenvalue weighted by atomic mass is 19.4. The average Bonchev–Trinajstić information content (AvgIpc) is 2.36. The van der Waals surface area contributed by atoms with E-state index in [9.17, 15) is 18.0 Å². The van der Waals surface area contributed by atoms with E-state index in [-0.39, 0.29) is 5.69 Å². The molecule has 0 radical (unpaired) electrons. The number of halogens is 3. The van der Waals surface area contributed by atoms with Crippen LogP contribution in [0.25, 0.3) is 0 Å². The van der Waals surface area contributed by atoms with Crippen LogP contribution < -0.4 is 14.8 Å². The number of ether oxygens (including phenoxy) is 3. The van der Waals surface area contributed by atoms with Crippen molar-refractivity contribution < 1.29 is 32.2 Å². The van der Waals surface area contributed by atoms with Crippen molar-refractivity contribution in [1.82, 2.24) is 0 Å². The first kappa shape index (κ1) is 15.9. The third-order valence-corrected chi connectivity index (χ3v) is 2.08. The average molecular weight is 293 g/mol. The van der Waals surface area contributed by atoms with Gasteiger partial charge in [-0.05, 0) is 19.1 Å². The first-order valence-electron chi connectivity index (χ1n) is 5.67. The molecular weight excluding hydrogens is 279 g/mol. The van der Waals surface area contributed by atoms with Crippen molar-refractivity contribution in [3.63, 3.8) is 0 Å². The number of benzene rings is 1. The summed E-state index contributed by atoms with van der Waals surface area (Å²) in [6, 6.07) is 4.40. The predicted octanol–water partition coefficient (Wildman–Crippen LogP) is 3.20. The number of hydrogen-bond donors (Lipinski definition) is 1. The number of carbonyl (C=O) groups excluding carboxylic acids is 1. The minimum atomic E-state index is -4.56. The van der Waals surface area contributed by atoms with Crippen molar-refractivity contribution in [1.29, 1.82) is 0 Å². The second kappa shape index (κ2) is 6.88. The van der Waals surface area contributed by atoms with Gasteiger partial charge in [-0.3, -0.25) is 5.32 Å². The summed E-state index contributed by atoms with van der Waals surface area (Å²) in [5, 5.41) is 2.17. The third kappa shape index (κ3) is 5.25. The van der Waals surface area contributed by atoms with Crippen LogP contribution in [0.15, 0.2) is 18.2 Å². The Morgan fingerprint density at radius 2 is 2.00 bits per heavy atom. The van der Waals surface area contributed by atoms with Gasteiger partial charge in [0.05, 0.1) is 13.7 Å². The zero-order valence-electron chi connectivity index (χ0n) is 10.9. The molecule has 0 aromatic heterocycles. The van der Waals surface area contributed by atoms with Crippen LogP contribution in [0, 0.1) is 0 Å². The van der Waals surface area contributed by atoms with Gasteiger partial charge in [0, 0.05) is 11.8 Å². The van der Waals surface area contributed by atoms with Crippen LogP contribution in [0.4, 0.5) is 23.7 Å². The monoisotopic (exact) mass is 293 g/mol. The molecule has 0 heterocycles. The Hall–Kier alpha value is -2.12. The van der Waals surface area contributed by atoms with Crippen LogP contribution in [-0.4, -0.2) is 32.6 Å². The first-order chi connectivity index (χ1) is 9.35. The van der Waals surface area contributed by atoms with Crippen LogP contribution in [0.2, 0.25) is 0 Å². The second-order valence-electron chi connectivity index (χ2n) is 3.61. The standard InChI is InChI=1S/C12H14F3NO4/c1-3-19-10-6-8(4-5-9(10)18-2)16-11(17)20-7-12(13,14)15/h4-6H,3,7H2,1-2H3,(H,16,17). The number of nitrogens with one attached hydrogen (secondary N) is 1. The molecule has 1 aromatic carbocycles. The summed E-state index contributed by atoms with van der Waals surface area (Å²) in [5.41, 5.74) is 0.237. The van der Waals surface area contributed by atoms with E-state index in [1.54, 1.807) is 6.92 Å². The van der Waals surface area contributed by atoms with E-state index in [1.165, 1.54) is 25.3 Å². The van der Waals surface area contributed by atoms with Gasteiger partial charge >= 0.3 is 12.3 Å². The van der Waals surface area contributed by atoms with E-state index in [1.807, 2.05) is 0 Å².